The zero-order valence-corrected chi connectivity index (χ0v) is 14.2. The van der Waals surface area contributed by atoms with Gasteiger partial charge >= 0.3 is 0 Å². The maximum Gasteiger partial charge on any atom is 0.160 e. The maximum absolute atomic E-state index is 5.05. The monoisotopic (exact) mass is 312 g/mol. The molecule has 23 heavy (non-hydrogen) atoms. The van der Waals surface area contributed by atoms with Gasteiger partial charge in [-0.2, -0.15) is 0 Å². The van der Waals surface area contributed by atoms with Gasteiger partial charge in [-0.15, -0.1) is 0 Å². The molecule has 124 valence electrons. The van der Waals surface area contributed by atoms with Crippen molar-refractivity contribution in [1.29, 1.82) is 0 Å². The molecule has 0 N–H and O–H groups in total. The van der Waals surface area contributed by atoms with Crippen LogP contribution in [-0.4, -0.2) is 39.1 Å². The number of fused-ring (bicyclic) bond motifs is 1. The van der Waals surface area contributed by atoms with Gasteiger partial charge in [-0.3, -0.25) is 0 Å². The standard InChI is InChI=1S/C19H28N4/c1-2-22-13-7-8-15(14-22)18-21-17-11-6-12-20-19(17)23(18)16-9-4-3-5-10-16/h6,11-12,15-16H,2-5,7-10,13-14H2,1H3. The van der Waals surface area contributed by atoms with Crippen molar-refractivity contribution in [2.24, 2.45) is 0 Å². The highest BCUT2D eigenvalue weighted by atomic mass is 15.2. The predicted octanol–water partition coefficient (Wildman–Crippen LogP) is 4.14. The number of hydrogen-bond donors (Lipinski definition) is 0. The Morgan fingerprint density at radius 3 is 2.83 bits per heavy atom. The van der Waals surface area contributed by atoms with E-state index in [9.17, 15) is 0 Å². The molecule has 1 aliphatic carbocycles. The minimum atomic E-state index is 0.569. The minimum Gasteiger partial charge on any atom is -0.309 e. The van der Waals surface area contributed by atoms with Crippen LogP contribution in [-0.2, 0) is 0 Å². The van der Waals surface area contributed by atoms with Crippen LogP contribution in [0, 0.1) is 0 Å². The summed E-state index contributed by atoms with van der Waals surface area (Å²) in [5, 5.41) is 0. The second kappa shape index (κ2) is 6.60. The zero-order valence-electron chi connectivity index (χ0n) is 14.2. The number of pyridine rings is 1. The molecule has 4 heteroatoms. The molecule has 1 aliphatic heterocycles. The fourth-order valence-electron chi connectivity index (χ4n) is 4.49. The molecule has 2 aromatic heterocycles. The molecule has 2 aromatic rings. The first-order chi connectivity index (χ1) is 11.4. The summed E-state index contributed by atoms with van der Waals surface area (Å²) in [4.78, 5) is 12.3. The molecule has 1 atom stereocenters. The highest BCUT2D eigenvalue weighted by Gasteiger charge is 2.29. The third kappa shape index (κ3) is 2.89. The number of nitrogens with zero attached hydrogens (tertiary/aromatic N) is 4. The Bertz CT molecular complexity index is 656. The fourth-order valence-corrected chi connectivity index (χ4v) is 4.49. The third-order valence-corrected chi connectivity index (χ3v) is 5.73. The molecule has 1 saturated carbocycles. The van der Waals surface area contributed by atoms with Crippen LogP contribution in [0.15, 0.2) is 18.3 Å². The summed E-state index contributed by atoms with van der Waals surface area (Å²) in [5.74, 6) is 1.88. The van der Waals surface area contributed by atoms with Gasteiger partial charge in [-0.05, 0) is 50.9 Å². The Balaban J connectivity index is 1.75. The minimum absolute atomic E-state index is 0.569. The van der Waals surface area contributed by atoms with Crippen LogP contribution in [0.5, 0.6) is 0 Å². The number of aromatic nitrogens is 3. The van der Waals surface area contributed by atoms with Crippen LogP contribution in [0.4, 0.5) is 0 Å². The van der Waals surface area contributed by atoms with E-state index < -0.39 is 0 Å². The second-order valence-corrected chi connectivity index (χ2v) is 7.21. The zero-order chi connectivity index (χ0) is 15.6. The topological polar surface area (TPSA) is 34.0 Å². The van der Waals surface area contributed by atoms with Crippen molar-refractivity contribution in [3.05, 3.63) is 24.2 Å². The predicted molar refractivity (Wildman–Crippen MR) is 93.7 cm³/mol. The highest BCUT2D eigenvalue weighted by Crippen LogP contribution is 2.36. The summed E-state index contributed by atoms with van der Waals surface area (Å²) in [7, 11) is 0. The van der Waals surface area contributed by atoms with Gasteiger partial charge in [0.05, 0.1) is 0 Å². The van der Waals surface area contributed by atoms with Crippen LogP contribution < -0.4 is 0 Å². The first kappa shape index (κ1) is 15.1. The van der Waals surface area contributed by atoms with E-state index in [2.05, 4.69) is 22.5 Å². The van der Waals surface area contributed by atoms with Crippen LogP contribution in [0.1, 0.15) is 69.7 Å². The molecule has 0 spiro atoms. The average molecular weight is 312 g/mol. The number of imidazole rings is 1. The molecular weight excluding hydrogens is 284 g/mol. The molecule has 0 bridgehead atoms. The lowest BCUT2D eigenvalue weighted by molar-refractivity contribution is 0.208. The van der Waals surface area contributed by atoms with E-state index in [4.69, 9.17) is 9.97 Å². The summed E-state index contributed by atoms with van der Waals surface area (Å²) < 4.78 is 2.53. The van der Waals surface area contributed by atoms with E-state index >= 15 is 0 Å². The van der Waals surface area contributed by atoms with Gasteiger partial charge in [0.2, 0.25) is 0 Å². The first-order valence-electron chi connectivity index (χ1n) is 9.42. The second-order valence-electron chi connectivity index (χ2n) is 7.21. The Labute approximate surface area is 138 Å². The van der Waals surface area contributed by atoms with E-state index in [0.29, 0.717) is 12.0 Å². The van der Waals surface area contributed by atoms with Crippen molar-refractivity contribution < 1.29 is 0 Å². The number of rotatable bonds is 3. The van der Waals surface area contributed by atoms with E-state index in [0.717, 1.165) is 24.3 Å². The van der Waals surface area contributed by atoms with E-state index in [1.54, 1.807) is 0 Å². The molecule has 0 radical (unpaired) electrons. The molecule has 0 aromatic carbocycles. The summed E-state index contributed by atoms with van der Waals surface area (Å²) in [6.07, 6.45) is 11.2. The van der Waals surface area contributed by atoms with Gasteiger partial charge in [-0.25, -0.2) is 9.97 Å². The van der Waals surface area contributed by atoms with Crippen molar-refractivity contribution >= 4 is 11.2 Å². The number of hydrogen-bond acceptors (Lipinski definition) is 3. The Morgan fingerprint density at radius 1 is 1.13 bits per heavy atom. The van der Waals surface area contributed by atoms with Gasteiger partial charge < -0.3 is 9.47 Å². The number of piperidine rings is 1. The van der Waals surface area contributed by atoms with Gasteiger partial charge in [0.15, 0.2) is 5.65 Å². The van der Waals surface area contributed by atoms with Crippen molar-refractivity contribution in [1.82, 2.24) is 19.4 Å². The van der Waals surface area contributed by atoms with Crippen LogP contribution in [0.2, 0.25) is 0 Å². The Kier molecular flexibility index (Phi) is 4.34. The van der Waals surface area contributed by atoms with Crippen LogP contribution >= 0.6 is 0 Å². The van der Waals surface area contributed by atoms with Crippen LogP contribution in [0.3, 0.4) is 0 Å². The maximum atomic E-state index is 5.05. The van der Waals surface area contributed by atoms with Gasteiger partial charge in [0.25, 0.3) is 0 Å². The summed E-state index contributed by atoms with van der Waals surface area (Å²) in [6, 6.07) is 4.76. The molecule has 1 saturated heterocycles. The van der Waals surface area contributed by atoms with Crippen molar-refractivity contribution in [3.8, 4) is 0 Å². The molecule has 0 amide bonds. The van der Waals surface area contributed by atoms with E-state index in [1.165, 1.54) is 57.3 Å². The lowest BCUT2D eigenvalue weighted by atomic mass is 9.93. The lowest BCUT2D eigenvalue weighted by Gasteiger charge is -2.33. The van der Waals surface area contributed by atoms with Crippen molar-refractivity contribution in [2.75, 3.05) is 19.6 Å². The van der Waals surface area contributed by atoms with Crippen molar-refractivity contribution in [3.63, 3.8) is 0 Å². The number of likely N-dealkylation sites (tertiary alicyclic amines) is 1. The molecule has 2 fully saturated rings. The quantitative estimate of drug-likeness (QED) is 0.854. The molecule has 1 unspecified atom stereocenters. The van der Waals surface area contributed by atoms with Gasteiger partial charge in [-0.1, -0.05) is 26.2 Å². The van der Waals surface area contributed by atoms with Gasteiger partial charge in [0.1, 0.15) is 11.3 Å². The molecular formula is C19H28N4. The van der Waals surface area contributed by atoms with E-state index in [-0.39, 0.29) is 0 Å². The average Bonchev–Trinajstić information content (AvgIpc) is 3.02. The molecule has 4 rings (SSSR count). The Hall–Kier alpha value is -1.42. The lowest BCUT2D eigenvalue weighted by Crippen LogP contribution is -2.35. The number of likely N-dealkylation sites (N-methyl/N-ethyl adjacent to an activating group) is 1. The third-order valence-electron chi connectivity index (χ3n) is 5.73. The summed E-state index contributed by atoms with van der Waals surface area (Å²) in [6.45, 7) is 5.83. The fraction of sp³-hybridized carbons (Fsp3) is 0.684. The molecule has 2 aliphatic rings. The SMILES string of the molecule is CCN1CCCC(c2nc3cccnc3n2C2CCCCC2)C1. The molecule has 4 nitrogen and oxygen atoms in total. The smallest absolute Gasteiger partial charge is 0.160 e. The van der Waals surface area contributed by atoms with Crippen molar-refractivity contribution in [2.45, 2.75) is 63.8 Å². The highest BCUT2D eigenvalue weighted by molar-refractivity contribution is 5.71. The molecule has 3 heterocycles. The summed E-state index contributed by atoms with van der Waals surface area (Å²) in [5.41, 5.74) is 2.20. The van der Waals surface area contributed by atoms with Gasteiger partial charge in [0, 0.05) is 24.7 Å². The largest absolute Gasteiger partial charge is 0.309 e. The van der Waals surface area contributed by atoms with E-state index in [1.807, 2.05) is 12.3 Å². The normalized spacial score (nSPS) is 24.3. The first-order valence-corrected chi connectivity index (χ1v) is 9.42. The Morgan fingerprint density at radius 2 is 2.00 bits per heavy atom. The van der Waals surface area contributed by atoms with Crippen LogP contribution in [0.25, 0.3) is 11.2 Å². The summed E-state index contributed by atoms with van der Waals surface area (Å²) >= 11 is 0.